The third kappa shape index (κ3) is 2.76. The number of amidine groups is 1. The topological polar surface area (TPSA) is 81.2 Å². The smallest absolute Gasteiger partial charge is 0.219 e. The summed E-state index contributed by atoms with van der Waals surface area (Å²) in [6.07, 6.45) is 1.50. The highest BCUT2D eigenvalue weighted by Crippen LogP contribution is 2.22. The lowest BCUT2D eigenvalue weighted by Gasteiger charge is -2.06. The van der Waals surface area contributed by atoms with Gasteiger partial charge in [-0.05, 0) is 30.3 Å². The van der Waals surface area contributed by atoms with E-state index in [4.69, 9.17) is 20.6 Å². The number of aromatic nitrogens is 1. The van der Waals surface area contributed by atoms with E-state index in [0.29, 0.717) is 17.2 Å². The number of nitrogens with zero attached hydrogens (tertiary/aromatic N) is 1. The van der Waals surface area contributed by atoms with Crippen molar-refractivity contribution in [3.63, 3.8) is 0 Å². The van der Waals surface area contributed by atoms with E-state index >= 15 is 0 Å². The normalized spacial score (nSPS) is 9.83. The number of nitrogen functional groups attached to an aromatic ring is 1. The van der Waals surface area contributed by atoms with Gasteiger partial charge in [-0.2, -0.15) is 0 Å². The Morgan fingerprint density at radius 2 is 1.78 bits per heavy atom. The summed E-state index contributed by atoms with van der Waals surface area (Å²) in [7, 11) is 1.61. The number of rotatable bonds is 4. The number of benzene rings is 1. The summed E-state index contributed by atoms with van der Waals surface area (Å²) in [4.78, 5) is 4.06. The van der Waals surface area contributed by atoms with Crippen LogP contribution in [0.4, 0.5) is 0 Å². The van der Waals surface area contributed by atoms with Gasteiger partial charge in [0.25, 0.3) is 0 Å². The fourth-order valence-electron chi connectivity index (χ4n) is 1.36. The summed E-state index contributed by atoms with van der Waals surface area (Å²) in [5.74, 6) is 1.87. The lowest BCUT2D eigenvalue weighted by molar-refractivity contribution is 0.412. The van der Waals surface area contributed by atoms with E-state index in [1.807, 2.05) is 0 Å². The first-order valence-electron chi connectivity index (χ1n) is 5.31. The molecule has 0 spiro atoms. The first-order chi connectivity index (χ1) is 8.69. The molecule has 1 aromatic heterocycles. The zero-order valence-electron chi connectivity index (χ0n) is 9.88. The number of ether oxygens (including phenoxy) is 2. The molecule has 1 heterocycles. The maximum atomic E-state index is 7.25. The van der Waals surface area contributed by atoms with Gasteiger partial charge in [0.15, 0.2) is 0 Å². The number of hydrogen-bond acceptors (Lipinski definition) is 4. The minimum Gasteiger partial charge on any atom is -0.497 e. The molecule has 0 saturated heterocycles. The van der Waals surface area contributed by atoms with Crippen LogP contribution in [0, 0.1) is 5.41 Å². The zero-order chi connectivity index (χ0) is 13.0. The van der Waals surface area contributed by atoms with Crippen LogP contribution in [0.2, 0.25) is 0 Å². The molecule has 0 unspecified atom stereocenters. The van der Waals surface area contributed by atoms with Crippen LogP contribution in [-0.2, 0) is 0 Å². The Morgan fingerprint density at radius 3 is 2.28 bits per heavy atom. The Morgan fingerprint density at radius 1 is 1.11 bits per heavy atom. The molecule has 2 aromatic rings. The standard InChI is InChI=1S/C13H13N3O2/c1-17-10-3-5-11(6-4-10)18-12-7-2-9(8-16-12)13(14)15/h2-8H,1H3,(H3,14,15). The average Bonchev–Trinajstić information content (AvgIpc) is 2.40. The molecule has 0 aliphatic carbocycles. The molecule has 0 radical (unpaired) electrons. The molecule has 0 aliphatic heterocycles. The third-order valence-corrected chi connectivity index (χ3v) is 2.33. The van der Waals surface area contributed by atoms with Crippen molar-refractivity contribution in [1.29, 1.82) is 5.41 Å². The van der Waals surface area contributed by atoms with Crippen LogP contribution in [0.5, 0.6) is 17.4 Å². The molecule has 2 rings (SSSR count). The van der Waals surface area contributed by atoms with Crippen LogP contribution in [0.1, 0.15) is 5.56 Å². The van der Waals surface area contributed by atoms with E-state index in [1.54, 1.807) is 43.5 Å². The van der Waals surface area contributed by atoms with E-state index in [-0.39, 0.29) is 5.84 Å². The summed E-state index contributed by atoms with van der Waals surface area (Å²) in [5, 5.41) is 7.25. The predicted molar refractivity (Wildman–Crippen MR) is 68.3 cm³/mol. The molecule has 1 aromatic carbocycles. The number of methoxy groups -OCH3 is 1. The number of pyridine rings is 1. The van der Waals surface area contributed by atoms with Gasteiger partial charge in [-0.3, -0.25) is 5.41 Å². The molecule has 0 atom stereocenters. The lowest BCUT2D eigenvalue weighted by Crippen LogP contribution is -2.11. The van der Waals surface area contributed by atoms with Crippen molar-refractivity contribution in [2.45, 2.75) is 0 Å². The second-order valence-electron chi connectivity index (χ2n) is 3.58. The molecule has 0 amide bonds. The van der Waals surface area contributed by atoms with Crippen LogP contribution in [-0.4, -0.2) is 17.9 Å². The molecule has 92 valence electrons. The zero-order valence-corrected chi connectivity index (χ0v) is 9.88. The number of nitrogens with one attached hydrogen (secondary N) is 1. The number of nitrogens with two attached hydrogens (primary N) is 1. The Balaban J connectivity index is 2.10. The van der Waals surface area contributed by atoms with Gasteiger partial charge in [-0.1, -0.05) is 0 Å². The predicted octanol–water partition coefficient (Wildman–Crippen LogP) is 2.17. The minimum absolute atomic E-state index is 0.0153. The first kappa shape index (κ1) is 11.9. The van der Waals surface area contributed by atoms with Crippen LogP contribution < -0.4 is 15.2 Å². The summed E-state index contributed by atoms with van der Waals surface area (Å²) in [6, 6.07) is 10.5. The SMILES string of the molecule is COc1ccc(Oc2ccc(C(=N)N)cn2)cc1. The second-order valence-corrected chi connectivity index (χ2v) is 3.58. The van der Waals surface area contributed by atoms with Crippen LogP contribution in [0.3, 0.4) is 0 Å². The number of hydrogen-bond donors (Lipinski definition) is 2. The van der Waals surface area contributed by atoms with Crippen molar-refractivity contribution in [2.24, 2.45) is 5.73 Å². The molecule has 0 aliphatic rings. The summed E-state index contributed by atoms with van der Waals surface area (Å²) >= 11 is 0. The molecule has 18 heavy (non-hydrogen) atoms. The molecule has 5 heteroatoms. The van der Waals surface area contributed by atoms with Crippen LogP contribution in [0.15, 0.2) is 42.6 Å². The third-order valence-electron chi connectivity index (χ3n) is 2.33. The van der Waals surface area contributed by atoms with E-state index in [1.165, 1.54) is 6.20 Å². The summed E-state index contributed by atoms with van der Waals surface area (Å²) < 4.78 is 10.6. The van der Waals surface area contributed by atoms with E-state index in [9.17, 15) is 0 Å². The molecular formula is C13H13N3O2. The van der Waals surface area contributed by atoms with E-state index < -0.39 is 0 Å². The maximum Gasteiger partial charge on any atom is 0.219 e. The van der Waals surface area contributed by atoms with Crippen molar-refractivity contribution in [3.05, 3.63) is 48.2 Å². The lowest BCUT2D eigenvalue weighted by atomic mass is 10.3. The summed E-state index contributed by atoms with van der Waals surface area (Å²) in [6.45, 7) is 0. The second kappa shape index (κ2) is 5.18. The van der Waals surface area contributed by atoms with Gasteiger partial charge in [-0.25, -0.2) is 4.98 Å². The van der Waals surface area contributed by atoms with Crippen molar-refractivity contribution in [1.82, 2.24) is 4.98 Å². The first-order valence-corrected chi connectivity index (χ1v) is 5.31. The van der Waals surface area contributed by atoms with Gasteiger partial charge < -0.3 is 15.2 Å². The quantitative estimate of drug-likeness (QED) is 0.637. The Bertz CT molecular complexity index is 535. The highest BCUT2D eigenvalue weighted by molar-refractivity contribution is 5.94. The van der Waals surface area contributed by atoms with Gasteiger partial charge in [0, 0.05) is 17.8 Å². The van der Waals surface area contributed by atoms with Crippen molar-refractivity contribution >= 4 is 5.84 Å². The van der Waals surface area contributed by atoms with Crippen molar-refractivity contribution < 1.29 is 9.47 Å². The Kier molecular flexibility index (Phi) is 3.43. The van der Waals surface area contributed by atoms with Gasteiger partial charge in [-0.15, -0.1) is 0 Å². The molecule has 0 saturated carbocycles. The average molecular weight is 243 g/mol. The minimum atomic E-state index is -0.0153. The molecule has 0 bridgehead atoms. The Hall–Kier alpha value is -2.56. The maximum absolute atomic E-state index is 7.25. The molecule has 3 N–H and O–H groups in total. The highest BCUT2D eigenvalue weighted by Gasteiger charge is 2.01. The van der Waals surface area contributed by atoms with Gasteiger partial charge in [0.05, 0.1) is 7.11 Å². The highest BCUT2D eigenvalue weighted by atomic mass is 16.5. The monoisotopic (exact) mass is 243 g/mol. The van der Waals surface area contributed by atoms with E-state index in [0.717, 1.165) is 5.75 Å². The van der Waals surface area contributed by atoms with Crippen LogP contribution in [0.25, 0.3) is 0 Å². The molecule has 0 fully saturated rings. The van der Waals surface area contributed by atoms with Crippen molar-refractivity contribution in [3.8, 4) is 17.4 Å². The van der Waals surface area contributed by atoms with Crippen LogP contribution >= 0.6 is 0 Å². The van der Waals surface area contributed by atoms with Crippen molar-refractivity contribution in [2.75, 3.05) is 7.11 Å². The van der Waals surface area contributed by atoms with Gasteiger partial charge in [0.2, 0.25) is 5.88 Å². The Labute approximate surface area is 105 Å². The summed E-state index contributed by atoms with van der Waals surface area (Å²) in [5.41, 5.74) is 5.90. The molecular weight excluding hydrogens is 230 g/mol. The fourth-order valence-corrected chi connectivity index (χ4v) is 1.36. The van der Waals surface area contributed by atoms with Gasteiger partial charge in [0.1, 0.15) is 17.3 Å². The molecule has 5 nitrogen and oxygen atoms in total. The largest absolute Gasteiger partial charge is 0.497 e. The van der Waals surface area contributed by atoms with E-state index in [2.05, 4.69) is 4.98 Å². The fraction of sp³-hybridized carbons (Fsp3) is 0.0769. The van der Waals surface area contributed by atoms with Gasteiger partial charge >= 0.3 is 0 Å².